The first-order chi connectivity index (χ1) is 33.7. The van der Waals surface area contributed by atoms with Crippen molar-refractivity contribution >= 4 is 19.8 Å². The summed E-state index contributed by atoms with van der Waals surface area (Å²) in [6.07, 6.45) is 11.7. The zero-order valence-corrected chi connectivity index (χ0v) is 43.7. The minimum Gasteiger partial charge on any atom is -0.462 e. The largest absolute Gasteiger partial charge is 0.472 e. The molecule has 18 nitrogen and oxygen atoms in total. The maximum atomic E-state index is 13.4. The van der Waals surface area contributed by atoms with Gasteiger partial charge in [0.05, 0.1) is 13.2 Å². The van der Waals surface area contributed by atoms with Gasteiger partial charge in [0.25, 0.3) is 0 Å². The molecule has 13 atom stereocenters. The van der Waals surface area contributed by atoms with Crippen LogP contribution in [-0.2, 0) is 42.1 Å². The number of aliphatic hydroxyl groups excluding tert-OH is 8. The predicted octanol–water partition coefficient (Wildman–Crippen LogP) is 7.11. The highest BCUT2D eigenvalue weighted by atomic mass is 31.2. The van der Waals surface area contributed by atoms with Crippen molar-refractivity contribution in [1.29, 1.82) is 0 Å². The Morgan fingerprint density at radius 3 is 1.27 bits per heavy atom. The zero-order chi connectivity index (χ0) is 51.6. The lowest BCUT2D eigenvalue weighted by molar-refractivity contribution is -0.338. The first-order valence-electron chi connectivity index (χ1n) is 27.4. The Balaban J connectivity index is 1.90. The summed E-state index contributed by atoms with van der Waals surface area (Å²) in [7, 11) is -5.37. The smallest absolute Gasteiger partial charge is 0.462 e. The Morgan fingerprint density at radius 1 is 0.486 bits per heavy atom. The fourth-order valence-corrected chi connectivity index (χ4v) is 10.0. The number of aliphatic hydroxyl groups is 8. The molecule has 2 aliphatic rings. The molecule has 0 aromatic rings. The van der Waals surface area contributed by atoms with Gasteiger partial charge in [0.15, 0.2) is 12.4 Å². The summed E-state index contributed by atoms with van der Waals surface area (Å²) >= 11 is 0. The summed E-state index contributed by atoms with van der Waals surface area (Å²) in [5.74, 6) is -1.20. The monoisotopic (exact) mass is 1030 g/mol. The number of unbranched alkanes of at least 4 members (excludes halogenated alkanes) is 28. The van der Waals surface area contributed by atoms with Gasteiger partial charge in [-0.2, -0.15) is 0 Å². The zero-order valence-electron chi connectivity index (χ0n) is 42.8. The van der Waals surface area contributed by atoms with Gasteiger partial charge < -0.3 is 64.7 Å². The minimum absolute atomic E-state index is 0.0403. The molecular weight excluding hydrogens is 932 g/mol. The van der Waals surface area contributed by atoms with Crippen molar-refractivity contribution in [2.45, 2.75) is 293 Å². The van der Waals surface area contributed by atoms with Crippen LogP contribution < -0.4 is 0 Å². The van der Waals surface area contributed by atoms with Gasteiger partial charge in [0, 0.05) is 12.8 Å². The number of phosphoric ester groups is 1. The molecule has 13 unspecified atom stereocenters. The summed E-state index contributed by atoms with van der Waals surface area (Å²) in [5, 5.41) is 83.0. The number of esters is 2. The first-order valence-corrected chi connectivity index (χ1v) is 28.9. The molecule has 0 aromatic heterocycles. The van der Waals surface area contributed by atoms with E-state index in [2.05, 4.69) is 13.8 Å². The van der Waals surface area contributed by atoms with Crippen LogP contribution in [-0.4, -0.2) is 151 Å². The molecule has 414 valence electrons. The van der Waals surface area contributed by atoms with E-state index < -0.39 is 113 Å². The summed E-state index contributed by atoms with van der Waals surface area (Å²) in [6.45, 7) is 2.27. The molecule has 1 saturated heterocycles. The van der Waals surface area contributed by atoms with Crippen LogP contribution in [0.5, 0.6) is 0 Å². The number of rotatable bonds is 43. The molecule has 19 heteroatoms. The van der Waals surface area contributed by atoms with Crippen molar-refractivity contribution in [1.82, 2.24) is 0 Å². The Labute approximate surface area is 419 Å². The van der Waals surface area contributed by atoms with E-state index in [4.69, 9.17) is 28.0 Å². The number of carbonyl (C=O) groups excluding carboxylic acids is 2. The van der Waals surface area contributed by atoms with E-state index >= 15 is 0 Å². The fourth-order valence-electron chi connectivity index (χ4n) is 9.06. The molecule has 0 aromatic carbocycles. The van der Waals surface area contributed by atoms with Gasteiger partial charge in [-0.3, -0.25) is 18.6 Å². The van der Waals surface area contributed by atoms with Crippen LogP contribution in [0.4, 0.5) is 0 Å². The van der Waals surface area contributed by atoms with Crippen LogP contribution >= 0.6 is 7.82 Å². The number of hydrogen-bond acceptors (Lipinski definition) is 17. The Morgan fingerprint density at radius 2 is 0.857 bits per heavy atom. The molecule has 70 heavy (non-hydrogen) atoms. The van der Waals surface area contributed by atoms with Crippen molar-refractivity contribution in [3.05, 3.63) is 0 Å². The third-order valence-electron chi connectivity index (χ3n) is 13.6. The van der Waals surface area contributed by atoms with Crippen molar-refractivity contribution in [3.8, 4) is 0 Å². The predicted molar refractivity (Wildman–Crippen MR) is 263 cm³/mol. The van der Waals surface area contributed by atoms with Gasteiger partial charge in [0.1, 0.15) is 67.6 Å². The van der Waals surface area contributed by atoms with Gasteiger partial charge in [-0.1, -0.05) is 194 Å². The van der Waals surface area contributed by atoms with E-state index in [0.29, 0.717) is 12.8 Å². The molecule has 0 radical (unpaired) electrons. The molecule has 1 aliphatic heterocycles. The van der Waals surface area contributed by atoms with Gasteiger partial charge >= 0.3 is 19.8 Å². The Kier molecular flexibility index (Phi) is 36.2. The standard InChI is InChI=1S/C51H97O18P/c1-3-5-7-9-11-13-15-17-18-19-20-22-24-26-28-30-32-34-41(54)66-38(36-64-40(53)33-31-29-27-25-23-21-16-14-12-10-8-6-4-2)37-65-70(62,63)69-50-47(60)45(58)44(57)46(59)49(50)68-51-48(61)43(56)42(55)39(35-52)67-51/h38-39,42-52,55-61H,3-37H2,1-2H3,(H,62,63). The summed E-state index contributed by atoms with van der Waals surface area (Å²) in [5.41, 5.74) is 0. The van der Waals surface area contributed by atoms with Gasteiger partial charge in [-0.15, -0.1) is 0 Å². The maximum Gasteiger partial charge on any atom is 0.472 e. The summed E-state index contributed by atoms with van der Waals surface area (Å²) < 4.78 is 45.6. The van der Waals surface area contributed by atoms with Crippen LogP contribution in [0.25, 0.3) is 0 Å². The highest BCUT2D eigenvalue weighted by Gasteiger charge is 2.55. The quantitative estimate of drug-likeness (QED) is 0.0167. The lowest BCUT2D eigenvalue weighted by Gasteiger charge is -2.47. The molecule has 1 saturated carbocycles. The molecule has 2 rings (SSSR count). The van der Waals surface area contributed by atoms with Gasteiger partial charge in [-0.25, -0.2) is 4.57 Å². The number of ether oxygens (including phenoxy) is 4. The molecule has 1 aliphatic carbocycles. The van der Waals surface area contributed by atoms with Crippen LogP contribution in [0.1, 0.15) is 219 Å². The van der Waals surface area contributed by atoms with Crippen molar-refractivity contribution in [2.24, 2.45) is 0 Å². The second kappa shape index (κ2) is 39.1. The summed E-state index contributed by atoms with van der Waals surface area (Å²) in [6, 6.07) is 0. The molecular formula is C51H97O18P. The van der Waals surface area contributed by atoms with Crippen LogP contribution in [0, 0.1) is 0 Å². The van der Waals surface area contributed by atoms with Crippen molar-refractivity contribution in [3.63, 3.8) is 0 Å². The number of carbonyl (C=O) groups is 2. The topological polar surface area (TPSA) is 289 Å². The van der Waals surface area contributed by atoms with Crippen molar-refractivity contribution in [2.75, 3.05) is 19.8 Å². The van der Waals surface area contributed by atoms with Crippen LogP contribution in [0.15, 0.2) is 0 Å². The third-order valence-corrected chi connectivity index (χ3v) is 14.5. The van der Waals surface area contributed by atoms with E-state index in [1.54, 1.807) is 0 Å². The molecule has 9 N–H and O–H groups in total. The fraction of sp³-hybridized carbons (Fsp3) is 0.961. The SMILES string of the molecule is CCCCCCCCCCCCCCCCCCCC(=O)OC(COC(=O)CCCCCCCCCCCCCCC)COP(=O)(O)OC1C(O)C(O)C(O)C(O)C1OC1OC(CO)C(O)C(O)C1O. The highest BCUT2D eigenvalue weighted by Crippen LogP contribution is 2.48. The average molecular weight is 1030 g/mol. The third kappa shape index (κ3) is 27.3. The van der Waals surface area contributed by atoms with Crippen molar-refractivity contribution < 1.29 is 87.9 Å². The molecule has 0 spiro atoms. The lowest BCUT2D eigenvalue weighted by atomic mass is 9.84. The molecule has 0 bridgehead atoms. The van der Waals surface area contributed by atoms with E-state index in [0.717, 1.165) is 51.4 Å². The maximum absolute atomic E-state index is 13.4. The van der Waals surface area contributed by atoms with E-state index in [1.165, 1.54) is 128 Å². The van der Waals surface area contributed by atoms with E-state index in [9.17, 15) is 59.9 Å². The molecule has 2 fully saturated rings. The molecule has 0 amide bonds. The number of hydrogen-bond donors (Lipinski definition) is 9. The second-order valence-electron chi connectivity index (χ2n) is 19.8. The normalized spacial score (nSPS) is 27.3. The first kappa shape index (κ1) is 64.8. The van der Waals surface area contributed by atoms with E-state index in [1.807, 2.05) is 0 Å². The lowest BCUT2D eigenvalue weighted by Crippen LogP contribution is -2.67. The van der Waals surface area contributed by atoms with Crippen LogP contribution in [0.3, 0.4) is 0 Å². The highest BCUT2D eigenvalue weighted by molar-refractivity contribution is 7.47. The average Bonchev–Trinajstić information content (AvgIpc) is 3.34. The Hall–Kier alpha value is -1.35. The molecule has 1 heterocycles. The minimum atomic E-state index is -5.37. The number of phosphoric acid groups is 1. The van der Waals surface area contributed by atoms with Gasteiger partial charge in [0.2, 0.25) is 0 Å². The second-order valence-corrected chi connectivity index (χ2v) is 21.2. The van der Waals surface area contributed by atoms with E-state index in [-0.39, 0.29) is 12.8 Å². The van der Waals surface area contributed by atoms with Crippen LogP contribution in [0.2, 0.25) is 0 Å². The van der Waals surface area contributed by atoms with Gasteiger partial charge in [-0.05, 0) is 12.8 Å². The summed E-state index contributed by atoms with van der Waals surface area (Å²) in [4.78, 5) is 36.6. The Bertz CT molecular complexity index is 1360.